The molecule has 4 aromatic rings. The molecule has 4 fully saturated rings. The predicted octanol–water partition coefficient (Wildman–Crippen LogP) is 4.36. The lowest BCUT2D eigenvalue weighted by Gasteiger charge is -2.32. The zero-order chi connectivity index (χ0) is 31.9. The Kier molecular flexibility index (Phi) is 6.49. The van der Waals surface area contributed by atoms with Crippen LogP contribution in [0.2, 0.25) is 0 Å². The number of alkyl halides is 1. The molecule has 234 valence electrons. The van der Waals surface area contributed by atoms with Crippen molar-refractivity contribution in [3.05, 3.63) is 53.6 Å². The smallest absolute Gasteiger partial charge is 0.319 e. The molecule has 1 aromatic heterocycles. The van der Waals surface area contributed by atoms with Crippen molar-refractivity contribution in [2.24, 2.45) is 0 Å². The van der Waals surface area contributed by atoms with Gasteiger partial charge in [0.25, 0.3) is 11.8 Å². The van der Waals surface area contributed by atoms with Crippen molar-refractivity contribution in [3.63, 3.8) is 0 Å². The first-order valence-electron chi connectivity index (χ1n) is 15.3. The summed E-state index contributed by atoms with van der Waals surface area (Å²) in [6.07, 6.45) is 7.46. The van der Waals surface area contributed by atoms with Crippen LogP contribution in [-0.2, 0) is 9.59 Å². The number of carbonyl (C=O) groups excluding carboxylic acids is 2. The minimum Gasteiger partial charge on any atom is -0.508 e. The molecular weight excluding hydrogens is 599 g/mol. The predicted molar refractivity (Wildman–Crippen MR) is 163 cm³/mol. The molecule has 2 bridgehead atoms. The van der Waals surface area contributed by atoms with Crippen LogP contribution in [0.25, 0.3) is 32.8 Å². The molecular formula is C34H28F3N5O4. The maximum atomic E-state index is 16.8. The van der Waals surface area contributed by atoms with Gasteiger partial charge >= 0.3 is 6.01 Å². The summed E-state index contributed by atoms with van der Waals surface area (Å²) in [6.45, 7) is 1.07. The normalized spacial score (nSPS) is 25.9. The van der Waals surface area contributed by atoms with E-state index in [9.17, 15) is 23.5 Å². The van der Waals surface area contributed by atoms with E-state index >= 15 is 4.39 Å². The van der Waals surface area contributed by atoms with Crippen molar-refractivity contribution in [2.75, 3.05) is 24.6 Å². The number of hydrogen-bond donors (Lipinski definition) is 2. The number of nitrogens with one attached hydrogen (secondary N) is 1. The highest BCUT2D eigenvalue weighted by Crippen LogP contribution is 2.42. The number of phenols is 1. The first kappa shape index (κ1) is 28.7. The van der Waals surface area contributed by atoms with Crippen molar-refractivity contribution >= 4 is 39.3 Å². The van der Waals surface area contributed by atoms with Gasteiger partial charge in [-0.15, -0.1) is 6.42 Å². The second-order valence-electron chi connectivity index (χ2n) is 12.5. The van der Waals surface area contributed by atoms with E-state index in [1.807, 2.05) is 0 Å². The first-order valence-corrected chi connectivity index (χ1v) is 15.3. The number of ether oxygens (including phenoxy) is 1. The fraction of sp³-hybridized carbons (Fsp3) is 0.353. The Bertz CT molecular complexity index is 2010. The van der Waals surface area contributed by atoms with Crippen molar-refractivity contribution in [3.8, 4) is 35.2 Å². The minimum absolute atomic E-state index is 0.0381. The number of halogens is 3. The van der Waals surface area contributed by atoms with Gasteiger partial charge in [-0.3, -0.25) is 19.8 Å². The zero-order valence-electron chi connectivity index (χ0n) is 24.5. The third-order valence-electron chi connectivity index (χ3n) is 9.88. The molecule has 4 saturated heterocycles. The number of aromatic hydroxyl groups is 1. The highest BCUT2D eigenvalue weighted by molar-refractivity contribution is 6.23. The minimum atomic E-state index is -1.00. The number of fused-ring (bicyclic) bond motifs is 5. The van der Waals surface area contributed by atoms with Crippen LogP contribution in [0.3, 0.4) is 0 Å². The van der Waals surface area contributed by atoms with E-state index in [0.717, 1.165) is 17.9 Å². The highest BCUT2D eigenvalue weighted by Gasteiger charge is 2.50. The SMILES string of the molecule is C#Cc1c(F)ccc2cc(O)cc(-c3ccc4c(N5C(=O)C6CCC(N6)C5=O)nc(OC[C@@]56CCCN5C[C@H](F)C6)nc4c3F)c12. The van der Waals surface area contributed by atoms with Crippen molar-refractivity contribution in [1.82, 2.24) is 20.2 Å². The fourth-order valence-corrected chi connectivity index (χ4v) is 7.76. The Labute approximate surface area is 261 Å². The molecule has 9 nitrogen and oxygen atoms in total. The van der Waals surface area contributed by atoms with E-state index in [1.54, 1.807) is 0 Å². The van der Waals surface area contributed by atoms with Crippen molar-refractivity contribution in [2.45, 2.75) is 55.9 Å². The molecule has 3 aromatic carbocycles. The van der Waals surface area contributed by atoms with Crippen LogP contribution in [0.1, 0.15) is 37.7 Å². The molecule has 0 saturated carbocycles. The van der Waals surface area contributed by atoms with Gasteiger partial charge < -0.3 is 9.84 Å². The Morgan fingerprint density at radius 1 is 1.09 bits per heavy atom. The van der Waals surface area contributed by atoms with Gasteiger partial charge in [0.05, 0.1) is 23.2 Å². The quantitative estimate of drug-likeness (QED) is 0.248. The summed E-state index contributed by atoms with van der Waals surface area (Å²) in [4.78, 5) is 38.9. The number of benzene rings is 3. The van der Waals surface area contributed by atoms with E-state index in [0.29, 0.717) is 31.2 Å². The molecule has 0 radical (unpaired) electrons. The maximum Gasteiger partial charge on any atom is 0.319 e. The number of piperazine rings is 1. The standard InChI is InChI=1S/C34H28F3N5O4/c1-2-20-24(36)7-4-17-12-19(43)13-23(27(17)20)21-5-6-22-29(28(21)37)39-33(46-16-34-10-3-11-41(34)15-18(35)14-34)40-30(22)42-31(44)25-8-9-26(38-25)32(42)45/h1,4-7,12-13,18,25-26,38,43H,3,8-11,14-16H2/t18-,25?,26?,34+/m1/s1. The molecule has 2 amide bonds. The number of phenolic OH excluding ortho intramolecular Hbond substituents is 1. The van der Waals surface area contributed by atoms with Crippen LogP contribution in [0.4, 0.5) is 19.0 Å². The van der Waals surface area contributed by atoms with Gasteiger partial charge in [0.1, 0.15) is 29.9 Å². The topological polar surface area (TPSA) is 108 Å². The molecule has 0 aliphatic carbocycles. The number of carbonyl (C=O) groups is 2. The summed E-state index contributed by atoms with van der Waals surface area (Å²) in [5.41, 5.74) is -0.850. The zero-order valence-corrected chi connectivity index (χ0v) is 24.5. The van der Waals surface area contributed by atoms with E-state index in [2.05, 4.69) is 26.1 Å². The number of rotatable bonds is 5. The lowest BCUT2D eigenvalue weighted by Crippen LogP contribution is -2.59. The van der Waals surface area contributed by atoms with Crippen LogP contribution >= 0.6 is 0 Å². The number of aromatic nitrogens is 2. The third kappa shape index (κ3) is 4.25. The molecule has 46 heavy (non-hydrogen) atoms. The highest BCUT2D eigenvalue weighted by atomic mass is 19.1. The van der Waals surface area contributed by atoms with Crippen molar-refractivity contribution < 1.29 is 32.6 Å². The number of hydrogen-bond acceptors (Lipinski definition) is 8. The Morgan fingerprint density at radius 3 is 2.63 bits per heavy atom. The third-order valence-corrected chi connectivity index (χ3v) is 9.88. The molecule has 8 rings (SSSR count). The number of imide groups is 1. The van der Waals surface area contributed by atoms with Crippen LogP contribution in [-0.4, -0.2) is 75.3 Å². The van der Waals surface area contributed by atoms with E-state index in [1.165, 1.54) is 36.4 Å². The number of terminal acetylenes is 1. The molecule has 2 N–H and O–H groups in total. The maximum absolute atomic E-state index is 16.8. The summed E-state index contributed by atoms with van der Waals surface area (Å²) >= 11 is 0. The summed E-state index contributed by atoms with van der Waals surface area (Å²) < 4.78 is 52.2. The van der Waals surface area contributed by atoms with Crippen molar-refractivity contribution in [1.29, 1.82) is 0 Å². The molecule has 4 atom stereocenters. The average Bonchev–Trinajstić information content (AvgIpc) is 3.73. The average molecular weight is 628 g/mol. The summed E-state index contributed by atoms with van der Waals surface area (Å²) in [5.74, 6) is -0.578. The van der Waals surface area contributed by atoms with Crippen LogP contribution in [0.15, 0.2) is 36.4 Å². The second kappa shape index (κ2) is 10.4. The van der Waals surface area contributed by atoms with Crippen LogP contribution < -0.4 is 15.0 Å². The van der Waals surface area contributed by atoms with Gasteiger partial charge in [0.15, 0.2) is 11.6 Å². The lowest BCUT2D eigenvalue weighted by atomic mass is 9.93. The summed E-state index contributed by atoms with van der Waals surface area (Å²) in [5, 5.41) is 14.2. The monoisotopic (exact) mass is 627 g/mol. The lowest BCUT2D eigenvalue weighted by molar-refractivity contribution is -0.130. The molecule has 12 heteroatoms. The largest absolute Gasteiger partial charge is 0.508 e. The molecule has 0 spiro atoms. The Morgan fingerprint density at radius 2 is 1.87 bits per heavy atom. The number of amides is 2. The summed E-state index contributed by atoms with van der Waals surface area (Å²) in [6, 6.07) is 6.71. The van der Waals surface area contributed by atoms with Gasteiger partial charge in [-0.2, -0.15) is 9.97 Å². The first-order chi connectivity index (χ1) is 22.2. The van der Waals surface area contributed by atoms with Gasteiger partial charge in [-0.05, 0) is 67.4 Å². The molecule has 4 aliphatic heterocycles. The van der Waals surface area contributed by atoms with Gasteiger partial charge in [0, 0.05) is 29.3 Å². The molecule has 5 heterocycles. The Hall–Kier alpha value is -4.73. The fourth-order valence-electron chi connectivity index (χ4n) is 7.76. The van der Waals surface area contributed by atoms with Gasteiger partial charge in [0.2, 0.25) is 0 Å². The second-order valence-corrected chi connectivity index (χ2v) is 12.5. The number of anilines is 1. The van der Waals surface area contributed by atoms with Gasteiger partial charge in [-0.25, -0.2) is 18.1 Å². The van der Waals surface area contributed by atoms with Crippen LogP contribution in [0.5, 0.6) is 11.8 Å². The number of nitrogens with zero attached hydrogens (tertiary/aromatic N) is 4. The summed E-state index contributed by atoms with van der Waals surface area (Å²) in [7, 11) is 0. The van der Waals surface area contributed by atoms with Gasteiger partial charge in [-0.1, -0.05) is 18.1 Å². The van der Waals surface area contributed by atoms with E-state index < -0.39 is 47.2 Å². The van der Waals surface area contributed by atoms with E-state index in [4.69, 9.17) is 11.2 Å². The van der Waals surface area contributed by atoms with E-state index in [-0.39, 0.29) is 63.6 Å². The Balaban J connectivity index is 1.31. The molecule has 4 aliphatic rings. The molecule has 2 unspecified atom stereocenters. The van der Waals surface area contributed by atoms with Crippen LogP contribution in [0, 0.1) is 24.0 Å².